The third kappa shape index (κ3) is 4.51. The zero-order chi connectivity index (χ0) is 21.9. The van der Waals surface area contributed by atoms with Gasteiger partial charge in [0.05, 0.1) is 31.7 Å². The lowest BCUT2D eigenvalue weighted by Crippen LogP contribution is -2.26. The van der Waals surface area contributed by atoms with Crippen LogP contribution < -0.4 is 14.8 Å². The first-order chi connectivity index (χ1) is 14.2. The van der Waals surface area contributed by atoms with E-state index in [0.29, 0.717) is 21.7 Å². The van der Waals surface area contributed by atoms with Gasteiger partial charge >= 0.3 is 6.18 Å². The van der Waals surface area contributed by atoms with Gasteiger partial charge in [0, 0.05) is 11.6 Å². The molecule has 0 aliphatic carbocycles. The first-order valence-corrected chi connectivity index (χ1v) is 9.02. The zero-order valence-electron chi connectivity index (χ0n) is 16.0. The average molecular weight is 440 g/mol. The van der Waals surface area contributed by atoms with Crippen LogP contribution in [0.5, 0.6) is 11.5 Å². The molecule has 0 fully saturated rings. The Morgan fingerprint density at radius 2 is 1.87 bits per heavy atom. The maximum atomic E-state index is 13.7. The first-order valence-electron chi connectivity index (χ1n) is 8.65. The third-order valence-corrected chi connectivity index (χ3v) is 4.47. The lowest BCUT2D eigenvalue weighted by Gasteiger charge is -2.13. The number of carbonyl (C=O) groups excluding carboxylic acids is 1. The number of carbonyl (C=O) groups is 1. The van der Waals surface area contributed by atoms with E-state index in [1.165, 1.54) is 38.5 Å². The van der Waals surface area contributed by atoms with Crippen LogP contribution in [0.2, 0.25) is 5.02 Å². The summed E-state index contributed by atoms with van der Waals surface area (Å²) in [4.78, 5) is 12.5. The molecule has 0 atom stereocenters. The first kappa shape index (κ1) is 21.5. The highest BCUT2D eigenvalue weighted by atomic mass is 35.5. The molecule has 2 aromatic carbocycles. The maximum absolute atomic E-state index is 13.7. The Balaban J connectivity index is 1.88. The van der Waals surface area contributed by atoms with E-state index in [1.807, 2.05) is 0 Å². The van der Waals surface area contributed by atoms with Gasteiger partial charge in [-0.15, -0.1) is 0 Å². The molecule has 1 aromatic heterocycles. The van der Waals surface area contributed by atoms with E-state index in [0.717, 1.165) is 6.20 Å². The lowest BCUT2D eigenvalue weighted by atomic mass is 10.1. The molecule has 158 valence electrons. The van der Waals surface area contributed by atoms with E-state index in [9.17, 15) is 18.0 Å². The SMILES string of the molecule is COc1ccc(CNC(=O)c2cnn(-c3cccc(Cl)c3)c2C(F)(F)F)cc1OC. The van der Waals surface area contributed by atoms with Gasteiger partial charge in [-0.2, -0.15) is 18.3 Å². The van der Waals surface area contributed by atoms with Crippen LogP contribution in [0.15, 0.2) is 48.7 Å². The number of nitrogens with one attached hydrogen (secondary N) is 1. The van der Waals surface area contributed by atoms with Crippen molar-refractivity contribution in [1.29, 1.82) is 0 Å². The summed E-state index contributed by atoms with van der Waals surface area (Å²) in [5, 5.41) is 6.48. The van der Waals surface area contributed by atoms with Crippen LogP contribution >= 0.6 is 11.6 Å². The molecule has 3 aromatic rings. The number of aromatic nitrogens is 2. The van der Waals surface area contributed by atoms with Gasteiger partial charge in [0.1, 0.15) is 0 Å². The van der Waals surface area contributed by atoms with E-state index in [-0.39, 0.29) is 17.3 Å². The predicted octanol–water partition coefficient (Wildman–Crippen LogP) is 4.49. The summed E-state index contributed by atoms with van der Waals surface area (Å²) < 4.78 is 52.2. The number of hydrogen-bond donors (Lipinski definition) is 1. The van der Waals surface area contributed by atoms with Crippen molar-refractivity contribution >= 4 is 17.5 Å². The van der Waals surface area contributed by atoms with Gasteiger partial charge in [-0.3, -0.25) is 4.79 Å². The highest BCUT2D eigenvalue weighted by Crippen LogP contribution is 2.34. The number of rotatable bonds is 6. The number of hydrogen-bond acceptors (Lipinski definition) is 4. The smallest absolute Gasteiger partial charge is 0.434 e. The molecule has 0 bridgehead atoms. The number of ether oxygens (including phenoxy) is 2. The van der Waals surface area contributed by atoms with Crippen LogP contribution in [0.1, 0.15) is 21.6 Å². The summed E-state index contributed by atoms with van der Waals surface area (Å²) in [7, 11) is 2.94. The number of methoxy groups -OCH3 is 2. The minimum Gasteiger partial charge on any atom is -0.493 e. The highest BCUT2D eigenvalue weighted by Gasteiger charge is 2.40. The summed E-state index contributed by atoms with van der Waals surface area (Å²) in [5.41, 5.74) is -1.07. The molecule has 1 heterocycles. The van der Waals surface area contributed by atoms with Crippen LogP contribution in [-0.2, 0) is 12.7 Å². The molecule has 1 N–H and O–H groups in total. The van der Waals surface area contributed by atoms with Gasteiger partial charge in [-0.25, -0.2) is 4.68 Å². The standard InChI is InChI=1S/C20H17ClF3N3O3/c1-29-16-7-6-12(8-17(16)30-2)10-25-19(28)15-11-26-27(18(15)20(22,23)24)14-5-3-4-13(21)9-14/h3-9,11H,10H2,1-2H3,(H,25,28). The molecule has 0 radical (unpaired) electrons. The number of alkyl halides is 3. The predicted molar refractivity (Wildman–Crippen MR) is 104 cm³/mol. The number of amides is 1. The number of halogens is 4. The van der Waals surface area contributed by atoms with E-state index in [2.05, 4.69) is 10.4 Å². The summed E-state index contributed by atoms with van der Waals surface area (Å²) in [6.07, 6.45) is -3.93. The van der Waals surface area contributed by atoms with Crippen molar-refractivity contribution in [3.05, 3.63) is 70.5 Å². The fourth-order valence-corrected chi connectivity index (χ4v) is 3.04. The number of nitrogens with zero attached hydrogens (tertiary/aromatic N) is 2. The molecule has 0 spiro atoms. The van der Waals surface area contributed by atoms with Crippen LogP contribution in [-0.4, -0.2) is 29.9 Å². The Kier molecular flexibility index (Phi) is 6.21. The molecular weight excluding hydrogens is 423 g/mol. The van der Waals surface area contributed by atoms with Crippen molar-refractivity contribution in [2.24, 2.45) is 0 Å². The van der Waals surface area contributed by atoms with Crippen molar-refractivity contribution in [3.63, 3.8) is 0 Å². The van der Waals surface area contributed by atoms with Gasteiger partial charge in [-0.1, -0.05) is 23.7 Å². The zero-order valence-corrected chi connectivity index (χ0v) is 16.7. The van der Waals surface area contributed by atoms with Gasteiger partial charge in [0.15, 0.2) is 17.2 Å². The van der Waals surface area contributed by atoms with E-state index < -0.39 is 23.3 Å². The van der Waals surface area contributed by atoms with Crippen LogP contribution in [0.3, 0.4) is 0 Å². The van der Waals surface area contributed by atoms with Crippen molar-refractivity contribution in [2.75, 3.05) is 14.2 Å². The molecule has 0 aliphatic heterocycles. The van der Waals surface area contributed by atoms with Gasteiger partial charge in [0.2, 0.25) is 0 Å². The third-order valence-electron chi connectivity index (χ3n) is 4.24. The van der Waals surface area contributed by atoms with E-state index in [1.54, 1.807) is 18.2 Å². The van der Waals surface area contributed by atoms with E-state index in [4.69, 9.17) is 21.1 Å². The molecule has 30 heavy (non-hydrogen) atoms. The minimum atomic E-state index is -4.81. The Bertz CT molecular complexity index is 1070. The monoisotopic (exact) mass is 439 g/mol. The second-order valence-corrected chi connectivity index (χ2v) is 6.60. The van der Waals surface area contributed by atoms with E-state index >= 15 is 0 Å². The maximum Gasteiger partial charge on any atom is 0.434 e. The second-order valence-electron chi connectivity index (χ2n) is 6.17. The van der Waals surface area contributed by atoms with Gasteiger partial charge < -0.3 is 14.8 Å². The molecule has 0 saturated heterocycles. The molecule has 0 saturated carbocycles. The van der Waals surface area contributed by atoms with Crippen molar-refractivity contribution < 1.29 is 27.4 Å². The van der Waals surface area contributed by atoms with Crippen LogP contribution in [0, 0.1) is 0 Å². The molecular formula is C20H17ClF3N3O3. The van der Waals surface area contributed by atoms with Crippen molar-refractivity contribution in [3.8, 4) is 17.2 Å². The van der Waals surface area contributed by atoms with Crippen molar-refractivity contribution in [1.82, 2.24) is 15.1 Å². The molecule has 10 heteroatoms. The summed E-state index contributed by atoms with van der Waals surface area (Å²) in [5.74, 6) is 0.0223. The molecule has 0 aliphatic rings. The summed E-state index contributed by atoms with van der Waals surface area (Å²) in [6, 6.07) is 10.7. The molecule has 6 nitrogen and oxygen atoms in total. The van der Waals surface area contributed by atoms with Crippen LogP contribution in [0.25, 0.3) is 5.69 Å². The Morgan fingerprint density at radius 3 is 2.50 bits per heavy atom. The molecule has 3 rings (SSSR count). The molecule has 1 amide bonds. The Hall–Kier alpha value is -3.20. The average Bonchev–Trinajstić information content (AvgIpc) is 3.17. The lowest BCUT2D eigenvalue weighted by molar-refractivity contribution is -0.143. The van der Waals surface area contributed by atoms with Crippen molar-refractivity contribution in [2.45, 2.75) is 12.7 Å². The van der Waals surface area contributed by atoms with Crippen LogP contribution in [0.4, 0.5) is 13.2 Å². The highest BCUT2D eigenvalue weighted by molar-refractivity contribution is 6.30. The quantitative estimate of drug-likeness (QED) is 0.614. The van der Waals surface area contributed by atoms with Gasteiger partial charge in [-0.05, 0) is 35.9 Å². The van der Waals surface area contributed by atoms with Gasteiger partial charge in [0.25, 0.3) is 5.91 Å². The fraction of sp³-hybridized carbons (Fsp3) is 0.200. The Morgan fingerprint density at radius 1 is 1.13 bits per heavy atom. The fourth-order valence-electron chi connectivity index (χ4n) is 2.86. The largest absolute Gasteiger partial charge is 0.493 e. The normalized spacial score (nSPS) is 11.3. The summed E-state index contributed by atoms with van der Waals surface area (Å²) in [6.45, 7) is -0.0150. The summed E-state index contributed by atoms with van der Waals surface area (Å²) >= 11 is 5.87. The Labute approximate surface area is 175 Å². The topological polar surface area (TPSA) is 65.4 Å². The second kappa shape index (κ2) is 8.66. The number of benzene rings is 2. The minimum absolute atomic E-state index is 0.0150. The molecule has 0 unspecified atom stereocenters.